The fourth-order valence-corrected chi connectivity index (χ4v) is 1.29. The highest BCUT2D eigenvalue weighted by atomic mass is 16.6. The zero-order valence-corrected chi connectivity index (χ0v) is 10.4. The normalized spacial score (nSPS) is 12.9. The van der Waals surface area contributed by atoms with Crippen molar-refractivity contribution in [3.63, 3.8) is 0 Å². The Morgan fingerprint density at radius 2 is 1.87 bits per heavy atom. The lowest BCUT2D eigenvalue weighted by Gasteiger charge is -2.12. The minimum Gasteiger partial charge on any atom is -0.463 e. The summed E-state index contributed by atoms with van der Waals surface area (Å²) in [5, 5.41) is 0. The molecule has 0 aliphatic heterocycles. The second kappa shape index (κ2) is 8.72. The Kier molecular flexibility index (Phi) is 8.38. The predicted molar refractivity (Wildman–Crippen MR) is 60.7 cm³/mol. The first-order valence-electron chi connectivity index (χ1n) is 5.83. The van der Waals surface area contributed by atoms with Gasteiger partial charge in [-0.3, -0.25) is 4.79 Å². The van der Waals surface area contributed by atoms with Crippen LogP contribution in [0.25, 0.3) is 0 Å². The Morgan fingerprint density at radius 3 is 2.40 bits per heavy atom. The molecule has 0 amide bonds. The van der Waals surface area contributed by atoms with Gasteiger partial charge in [0.15, 0.2) is 0 Å². The fourth-order valence-electron chi connectivity index (χ4n) is 1.29. The molecular weight excluding hydrogens is 192 g/mol. The monoisotopic (exact) mass is 216 g/mol. The van der Waals surface area contributed by atoms with Crippen LogP contribution in [0.15, 0.2) is 0 Å². The first-order valence-corrected chi connectivity index (χ1v) is 5.83. The van der Waals surface area contributed by atoms with Crippen molar-refractivity contribution in [2.45, 2.75) is 53.1 Å². The van der Waals surface area contributed by atoms with Gasteiger partial charge in [0.1, 0.15) is 6.61 Å². The molecule has 0 aromatic carbocycles. The number of hydrogen-bond donors (Lipinski definition) is 0. The first-order chi connectivity index (χ1) is 7.06. The molecule has 0 spiro atoms. The van der Waals surface area contributed by atoms with Gasteiger partial charge in [-0.1, -0.05) is 27.2 Å². The Bertz CT molecular complexity index is 166. The van der Waals surface area contributed by atoms with Crippen molar-refractivity contribution in [3.05, 3.63) is 0 Å². The molecule has 15 heavy (non-hydrogen) atoms. The zero-order chi connectivity index (χ0) is 11.7. The zero-order valence-electron chi connectivity index (χ0n) is 10.4. The summed E-state index contributed by atoms with van der Waals surface area (Å²) < 4.78 is 10.5. The summed E-state index contributed by atoms with van der Waals surface area (Å²) >= 11 is 0. The van der Waals surface area contributed by atoms with Crippen molar-refractivity contribution in [1.29, 1.82) is 0 Å². The molecule has 0 saturated carbocycles. The Morgan fingerprint density at radius 1 is 1.20 bits per heavy atom. The van der Waals surface area contributed by atoms with Crippen LogP contribution >= 0.6 is 0 Å². The third kappa shape index (κ3) is 9.73. The van der Waals surface area contributed by atoms with E-state index in [4.69, 9.17) is 9.47 Å². The van der Waals surface area contributed by atoms with Crippen LogP contribution < -0.4 is 0 Å². The lowest BCUT2D eigenvalue weighted by atomic mass is 10.1. The maximum absolute atomic E-state index is 11.1. The van der Waals surface area contributed by atoms with Crippen molar-refractivity contribution in [2.75, 3.05) is 13.2 Å². The molecule has 0 unspecified atom stereocenters. The molecule has 0 heterocycles. The average Bonchev–Trinajstić information content (AvgIpc) is 2.12. The van der Waals surface area contributed by atoms with E-state index in [1.165, 1.54) is 0 Å². The van der Waals surface area contributed by atoms with Gasteiger partial charge in [-0.25, -0.2) is 0 Å². The number of esters is 1. The standard InChI is InChI=1S/C12H24O3/c1-5-6-11(4)14-7-8-15-12(13)9-10(2)3/h10-11H,5-9H2,1-4H3/t11-/m1/s1. The molecule has 0 aromatic rings. The van der Waals surface area contributed by atoms with Crippen molar-refractivity contribution in [3.8, 4) is 0 Å². The highest BCUT2D eigenvalue weighted by Crippen LogP contribution is 2.02. The lowest BCUT2D eigenvalue weighted by Crippen LogP contribution is -2.16. The first kappa shape index (κ1) is 14.4. The van der Waals surface area contributed by atoms with E-state index in [1.807, 2.05) is 20.8 Å². The number of ether oxygens (including phenoxy) is 2. The van der Waals surface area contributed by atoms with Crippen molar-refractivity contribution in [2.24, 2.45) is 5.92 Å². The summed E-state index contributed by atoms with van der Waals surface area (Å²) in [5.41, 5.74) is 0. The van der Waals surface area contributed by atoms with Crippen molar-refractivity contribution in [1.82, 2.24) is 0 Å². The summed E-state index contributed by atoms with van der Waals surface area (Å²) in [6.07, 6.45) is 2.93. The van der Waals surface area contributed by atoms with E-state index in [-0.39, 0.29) is 12.1 Å². The molecule has 0 aromatic heterocycles. The molecule has 0 radical (unpaired) electrons. The van der Waals surface area contributed by atoms with Crippen LogP contribution in [0.4, 0.5) is 0 Å². The van der Waals surface area contributed by atoms with Crippen LogP contribution in [0.3, 0.4) is 0 Å². The SMILES string of the molecule is CCC[C@@H](C)OCCOC(=O)CC(C)C. The molecule has 0 fully saturated rings. The van der Waals surface area contributed by atoms with E-state index in [0.29, 0.717) is 25.6 Å². The largest absolute Gasteiger partial charge is 0.463 e. The Labute approximate surface area is 93.1 Å². The highest BCUT2D eigenvalue weighted by Gasteiger charge is 2.06. The van der Waals surface area contributed by atoms with Crippen LogP contribution in [0.5, 0.6) is 0 Å². The van der Waals surface area contributed by atoms with Gasteiger partial charge in [-0.05, 0) is 19.3 Å². The quantitative estimate of drug-likeness (QED) is 0.462. The summed E-state index contributed by atoms with van der Waals surface area (Å²) in [7, 11) is 0. The van der Waals surface area contributed by atoms with E-state index in [2.05, 4.69) is 6.92 Å². The Hall–Kier alpha value is -0.570. The van der Waals surface area contributed by atoms with E-state index in [0.717, 1.165) is 12.8 Å². The summed E-state index contributed by atoms with van der Waals surface area (Å²) in [6.45, 7) is 9.05. The molecule has 3 heteroatoms. The van der Waals surface area contributed by atoms with E-state index in [1.54, 1.807) is 0 Å². The van der Waals surface area contributed by atoms with E-state index >= 15 is 0 Å². The molecule has 0 rings (SSSR count). The van der Waals surface area contributed by atoms with Gasteiger partial charge < -0.3 is 9.47 Å². The molecule has 3 nitrogen and oxygen atoms in total. The lowest BCUT2D eigenvalue weighted by molar-refractivity contribution is -0.146. The molecule has 0 bridgehead atoms. The minimum atomic E-state index is -0.128. The van der Waals surface area contributed by atoms with E-state index < -0.39 is 0 Å². The highest BCUT2D eigenvalue weighted by molar-refractivity contribution is 5.69. The van der Waals surface area contributed by atoms with Crippen LogP contribution in [-0.2, 0) is 14.3 Å². The van der Waals surface area contributed by atoms with Crippen LogP contribution in [-0.4, -0.2) is 25.3 Å². The third-order valence-corrected chi connectivity index (χ3v) is 2.02. The number of hydrogen-bond acceptors (Lipinski definition) is 3. The van der Waals surface area contributed by atoms with Gasteiger partial charge in [0, 0.05) is 6.42 Å². The fraction of sp³-hybridized carbons (Fsp3) is 0.917. The van der Waals surface area contributed by atoms with Gasteiger partial charge >= 0.3 is 5.97 Å². The van der Waals surface area contributed by atoms with Crippen LogP contribution in [0, 0.1) is 5.92 Å². The number of carbonyl (C=O) groups is 1. The molecule has 0 saturated heterocycles. The van der Waals surface area contributed by atoms with Crippen molar-refractivity contribution >= 4 is 5.97 Å². The molecule has 1 atom stereocenters. The van der Waals surface area contributed by atoms with E-state index in [9.17, 15) is 4.79 Å². The number of carbonyl (C=O) groups excluding carboxylic acids is 1. The predicted octanol–water partition coefficient (Wildman–Crippen LogP) is 2.78. The average molecular weight is 216 g/mol. The molecule has 0 aliphatic rings. The van der Waals surface area contributed by atoms with Crippen LogP contribution in [0.1, 0.15) is 47.0 Å². The Balaban J connectivity index is 3.34. The van der Waals surface area contributed by atoms with Gasteiger partial charge in [-0.15, -0.1) is 0 Å². The second-order valence-electron chi connectivity index (χ2n) is 4.29. The minimum absolute atomic E-state index is 0.128. The summed E-state index contributed by atoms with van der Waals surface area (Å²) in [6, 6.07) is 0. The maximum atomic E-state index is 11.1. The topological polar surface area (TPSA) is 35.5 Å². The third-order valence-electron chi connectivity index (χ3n) is 2.02. The smallest absolute Gasteiger partial charge is 0.306 e. The second-order valence-corrected chi connectivity index (χ2v) is 4.29. The van der Waals surface area contributed by atoms with Gasteiger partial charge in [0.05, 0.1) is 12.7 Å². The van der Waals surface area contributed by atoms with Gasteiger partial charge in [0.2, 0.25) is 0 Å². The molecule has 0 N–H and O–H groups in total. The van der Waals surface area contributed by atoms with Gasteiger partial charge in [-0.2, -0.15) is 0 Å². The van der Waals surface area contributed by atoms with Gasteiger partial charge in [0.25, 0.3) is 0 Å². The molecular formula is C12H24O3. The number of rotatable bonds is 8. The van der Waals surface area contributed by atoms with Crippen LogP contribution in [0.2, 0.25) is 0 Å². The summed E-state index contributed by atoms with van der Waals surface area (Å²) in [4.78, 5) is 11.1. The molecule has 0 aliphatic carbocycles. The maximum Gasteiger partial charge on any atom is 0.306 e. The van der Waals surface area contributed by atoms with Crippen molar-refractivity contribution < 1.29 is 14.3 Å². The molecule has 90 valence electrons. The summed E-state index contributed by atoms with van der Waals surface area (Å²) in [5.74, 6) is 0.231.